The predicted octanol–water partition coefficient (Wildman–Crippen LogP) is 5.95. The third-order valence-corrected chi connectivity index (χ3v) is 5.38. The van der Waals surface area contributed by atoms with E-state index in [1.165, 1.54) is 16.7 Å². The van der Waals surface area contributed by atoms with Crippen molar-refractivity contribution in [3.05, 3.63) is 101 Å². The number of nitrogens with one attached hydrogen (secondary N) is 1. The van der Waals surface area contributed by atoms with Crippen LogP contribution in [-0.2, 0) is 11.2 Å². The van der Waals surface area contributed by atoms with Crippen molar-refractivity contribution >= 4 is 28.0 Å². The van der Waals surface area contributed by atoms with Gasteiger partial charge in [-0.3, -0.25) is 9.89 Å². The Bertz CT molecular complexity index is 1190. The third kappa shape index (κ3) is 4.18. The van der Waals surface area contributed by atoms with Crippen molar-refractivity contribution in [2.24, 2.45) is 0 Å². The standard InChI is InChI=1S/C26H24N2O2/c1-2-23(19-6-4-3-5-7-19)26(21-13-14-24-22(16-21)17-27-28-24)20-11-8-18(9-12-20)10-15-25(29)30/h3-9,11-14,16-17H,2,10,15H2,1H3,(H,27,28)(H,29,30)/b26-23+. The normalized spacial score (nSPS) is 12.0. The zero-order chi connectivity index (χ0) is 20.9. The second-order valence-corrected chi connectivity index (χ2v) is 7.34. The second kappa shape index (κ2) is 8.78. The molecule has 0 saturated heterocycles. The van der Waals surface area contributed by atoms with Crippen LogP contribution in [0.5, 0.6) is 0 Å². The van der Waals surface area contributed by atoms with E-state index in [0.717, 1.165) is 34.0 Å². The van der Waals surface area contributed by atoms with Gasteiger partial charge in [-0.05, 0) is 58.4 Å². The van der Waals surface area contributed by atoms with Crippen molar-refractivity contribution in [3.8, 4) is 0 Å². The maximum Gasteiger partial charge on any atom is 0.303 e. The molecule has 0 spiro atoms. The Kier molecular flexibility index (Phi) is 5.75. The zero-order valence-electron chi connectivity index (χ0n) is 16.9. The number of rotatable bonds is 7. The largest absolute Gasteiger partial charge is 0.481 e. The number of aryl methyl sites for hydroxylation is 1. The Morgan fingerprint density at radius 1 is 0.933 bits per heavy atom. The van der Waals surface area contributed by atoms with Crippen LogP contribution in [0.3, 0.4) is 0 Å². The number of aromatic nitrogens is 2. The number of hydrogen-bond acceptors (Lipinski definition) is 2. The number of fused-ring (bicyclic) bond motifs is 1. The van der Waals surface area contributed by atoms with Crippen molar-refractivity contribution in [3.63, 3.8) is 0 Å². The summed E-state index contributed by atoms with van der Waals surface area (Å²) >= 11 is 0. The van der Waals surface area contributed by atoms with E-state index < -0.39 is 5.97 Å². The molecule has 0 bridgehead atoms. The molecule has 3 aromatic carbocycles. The Morgan fingerprint density at radius 3 is 2.37 bits per heavy atom. The maximum absolute atomic E-state index is 10.9. The smallest absolute Gasteiger partial charge is 0.303 e. The number of carboxylic acid groups (broad SMARTS) is 1. The van der Waals surface area contributed by atoms with Crippen LogP contribution >= 0.6 is 0 Å². The van der Waals surface area contributed by atoms with Gasteiger partial charge < -0.3 is 5.11 Å². The predicted molar refractivity (Wildman–Crippen MR) is 121 cm³/mol. The number of nitrogens with zero attached hydrogens (tertiary/aromatic N) is 1. The third-order valence-electron chi connectivity index (χ3n) is 5.38. The molecule has 0 amide bonds. The first-order valence-electron chi connectivity index (χ1n) is 10.2. The van der Waals surface area contributed by atoms with Crippen molar-refractivity contribution in [1.82, 2.24) is 10.2 Å². The topological polar surface area (TPSA) is 66.0 Å². The lowest BCUT2D eigenvalue weighted by Gasteiger charge is -2.17. The van der Waals surface area contributed by atoms with E-state index >= 15 is 0 Å². The van der Waals surface area contributed by atoms with Crippen molar-refractivity contribution < 1.29 is 9.90 Å². The van der Waals surface area contributed by atoms with E-state index in [1.54, 1.807) is 0 Å². The lowest BCUT2D eigenvalue weighted by atomic mass is 9.87. The maximum atomic E-state index is 10.9. The van der Waals surface area contributed by atoms with Crippen molar-refractivity contribution in [2.45, 2.75) is 26.2 Å². The number of aromatic amines is 1. The first-order chi connectivity index (χ1) is 14.7. The highest BCUT2D eigenvalue weighted by Gasteiger charge is 2.14. The highest BCUT2D eigenvalue weighted by atomic mass is 16.4. The van der Waals surface area contributed by atoms with E-state index in [1.807, 2.05) is 24.4 Å². The Labute approximate surface area is 175 Å². The summed E-state index contributed by atoms with van der Waals surface area (Å²) in [5.74, 6) is -0.773. The number of allylic oxidation sites excluding steroid dienone is 1. The van der Waals surface area contributed by atoms with Crippen LogP contribution in [0.2, 0.25) is 0 Å². The lowest BCUT2D eigenvalue weighted by molar-refractivity contribution is -0.136. The highest BCUT2D eigenvalue weighted by Crippen LogP contribution is 2.35. The molecule has 0 atom stereocenters. The molecule has 4 rings (SSSR count). The molecule has 0 saturated carbocycles. The average Bonchev–Trinajstić information content (AvgIpc) is 3.25. The monoisotopic (exact) mass is 396 g/mol. The van der Waals surface area contributed by atoms with Crippen LogP contribution in [0.25, 0.3) is 22.0 Å². The molecule has 0 unspecified atom stereocenters. The van der Waals surface area contributed by atoms with E-state index in [2.05, 4.69) is 71.7 Å². The van der Waals surface area contributed by atoms with E-state index in [4.69, 9.17) is 5.11 Å². The molecule has 0 fully saturated rings. The fraction of sp³-hybridized carbons (Fsp3) is 0.154. The van der Waals surface area contributed by atoms with Crippen LogP contribution in [0, 0.1) is 0 Å². The molecule has 1 aromatic heterocycles. The summed E-state index contributed by atoms with van der Waals surface area (Å²) in [5, 5.41) is 17.2. The average molecular weight is 396 g/mol. The van der Waals surface area contributed by atoms with Gasteiger partial charge in [0.1, 0.15) is 0 Å². The Morgan fingerprint density at radius 2 is 1.67 bits per heavy atom. The summed E-state index contributed by atoms with van der Waals surface area (Å²) in [6.45, 7) is 2.18. The van der Waals surface area contributed by atoms with E-state index in [9.17, 15) is 4.79 Å². The van der Waals surface area contributed by atoms with Gasteiger partial charge in [-0.15, -0.1) is 0 Å². The SMILES string of the molecule is CC/C(=C(/c1ccc(CCC(=O)O)cc1)c1ccc2[nH]ncc2c1)c1ccccc1. The van der Waals surface area contributed by atoms with Gasteiger partial charge in [0.25, 0.3) is 0 Å². The summed E-state index contributed by atoms with van der Waals surface area (Å²) in [4.78, 5) is 10.9. The second-order valence-electron chi connectivity index (χ2n) is 7.34. The molecule has 4 heteroatoms. The molecule has 4 nitrogen and oxygen atoms in total. The molecule has 150 valence electrons. The van der Waals surface area contributed by atoms with Crippen LogP contribution in [0.4, 0.5) is 0 Å². The summed E-state index contributed by atoms with van der Waals surface area (Å²) < 4.78 is 0. The van der Waals surface area contributed by atoms with Gasteiger partial charge in [0.05, 0.1) is 11.7 Å². The number of aliphatic carboxylic acids is 1. The highest BCUT2D eigenvalue weighted by molar-refractivity contribution is 6.00. The first-order valence-corrected chi connectivity index (χ1v) is 10.2. The van der Waals surface area contributed by atoms with Gasteiger partial charge in [0, 0.05) is 11.8 Å². The number of H-pyrrole nitrogens is 1. The molecule has 2 N–H and O–H groups in total. The Hall–Kier alpha value is -3.66. The molecular weight excluding hydrogens is 372 g/mol. The molecule has 0 aliphatic heterocycles. The van der Waals surface area contributed by atoms with E-state index in [-0.39, 0.29) is 6.42 Å². The number of carboxylic acids is 1. The van der Waals surface area contributed by atoms with Crippen molar-refractivity contribution in [2.75, 3.05) is 0 Å². The quantitative estimate of drug-likeness (QED) is 0.379. The number of benzene rings is 3. The molecule has 0 aliphatic carbocycles. The van der Waals surface area contributed by atoms with Crippen LogP contribution in [0.1, 0.15) is 42.0 Å². The van der Waals surface area contributed by atoms with Gasteiger partial charge in [-0.1, -0.05) is 67.6 Å². The number of carbonyl (C=O) groups is 1. The van der Waals surface area contributed by atoms with Gasteiger partial charge in [-0.2, -0.15) is 5.10 Å². The molecule has 4 aromatic rings. The summed E-state index contributed by atoms with van der Waals surface area (Å²) in [6, 6.07) is 25.1. The van der Waals surface area contributed by atoms with Crippen LogP contribution in [-0.4, -0.2) is 21.3 Å². The molecule has 0 aliphatic rings. The van der Waals surface area contributed by atoms with E-state index in [0.29, 0.717) is 6.42 Å². The lowest BCUT2D eigenvalue weighted by Crippen LogP contribution is -1.98. The first kappa shape index (κ1) is 19.6. The minimum atomic E-state index is -0.773. The minimum absolute atomic E-state index is 0.142. The minimum Gasteiger partial charge on any atom is -0.481 e. The number of hydrogen-bond donors (Lipinski definition) is 2. The van der Waals surface area contributed by atoms with Crippen LogP contribution in [0.15, 0.2) is 79.0 Å². The Balaban J connectivity index is 1.85. The fourth-order valence-corrected chi connectivity index (χ4v) is 3.87. The van der Waals surface area contributed by atoms with Crippen molar-refractivity contribution in [1.29, 1.82) is 0 Å². The fourth-order valence-electron chi connectivity index (χ4n) is 3.87. The summed E-state index contributed by atoms with van der Waals surface area (Å²) in [6.07, 6.45) is 3.42. The van der Waals surface area contributed by atoms with Crippen LogP contribution < -0.4 is 0 Å². The molecule has 0 radical (unpaired) electrons. The molecule has 1 heterocycles. The zero-order valence-corrected chi connectivity index (χ0v) is 16.9. The van der Waals surface area contributed by atoms with Gasteiger partial charge in [0.2, 0.25) is 0 Å². The summed E-state index contributed by atoms with van der Waals surface area (Å²) in [7, 11) is 0. The molecule has 30 heavy (non-hydrogen) atoms. The summed E-state index contributed by atoms with van der Waals surface area (Å²) in [5.41, 5.74) is 7.98. The van der Waals surface area contributed by atoms with Gasteiger partial charge in [0.15, 0.2) is 0 Å². The van der Waals surface area contributed by atoms with Gasteiger partial charge >= 0.3 is 5.97 Å². The molecular formula is C26H24N2O2. The van der Waals surface area contributed by atoms with Gasteiger partial charge in [-0.25, -0.2) is 0 Å².